The zero-order valence-corrected chi connectivity index (χ0v) is 10.4. The van der Waals surface area contributed by atoms with Crippen molar-refractivity contribution >= 4 is 11.0 Å². The van der Waals surface area contributed by atoms with E-state index in [1.165, 1.54) is 4.68 Å². The van der Waals surface area contributed by atoms with Crippen molar-refractivity contribution in [3.8, 4) is 0 Å². The van der Waals surface area contributed by atoms with Crippen LogP contribution in [-0.2, 0) is 4.74 Å². The van der Waals surface area contributed by atoms with Gasteiger partial charge in [0.05, 0.1) is 12.1 Å². The Balaban J connectivity index is 2.00. The molecule has 1 aromatic carbocycles. The number of fused-ring (bicyclic) bond motifs is 1. The molecule has 0 spiro atoms. The summed E-state index contributed by atoms with van der Waals surface area (Å²) >= 11 is 0. The summed E-state index contributed by atoms with van der Waals surface area (Å²) in [5.41, 5.74) is 1.24. The van der Waals surface area contributed by atoms with Gasteiger partial charge in [-0.3, -0.25) is 0 Å². The molecule has 0 radical (unpaired) electrons. The molecule has 1 fully saturated rings. The van der Waals surface area contributed by atoms with Gasteiger partial charge in [-0.2, -0.15) is 0 Å². The largest absolute Gasteiger partial charge is 0.394 e. The smallest absolute Gasteiger partial charge is 0.181 e. The lowest BCUT2D eigenvalue weighted by Gasteiger charge is -2.39. The van der Waals surface area contributed by atoms with Crippen molar-refractivity contribution in [3.63, 3.8) is 0 Å². The first-order valence-electron chi connectivity index (χ1n) is 6.24. The molecule has 2 heterocycles. The van der Waals surface area contributed by atoms with Crippen molar-refractivity contribution in [2.75, 3.05) is 6.61 Å². The number of aliphatic hydroxyl groups is 4. The Kier molecular flexibility index (Phi) is 3.40. The van der Waals surface area contributed by atoms with Gasteiger partial charge in [-0.05, 0) is 12.1 Å². The molecule has 1 saturated heterocycles. The first-order chi connectivity index (χ1) is 9.63. The predicted molar refractivity (Wildman–Crippen MR) is 66.5 cm³/mol. The van der Waals surface area contributed by atoms with Crippen molar-refractivity contribution < 1.29 is 25.2 Å². The van der Waals surface area contributed by atoms with Crippen molar-refractivity contribution in [2.45, 2.75) is 30.6 Å². The van der Waals surface area contributed by atoms with Gasteiger partial charge in [-0.25, -0.2) is 4.68 Å². The van der Waals surface area contributed by atoms with Gasteiger partial charge in [0.25, 0.3) is 0 Å². The number of ether oxygens (including phenoxy) is 1. The predicted octanol–water partition coefficient (Wildman–Crippen LogP) is -1.60. The molecule has 4 N–H and O–H groups in total. The van der Waals surface area contributed by atoms with Gasteiger partial charge in [0.2, 0.25) is 0 Å². The standard InChI is InChI=1S/C12H15N3O5/c16-5-8-9(17)10(18)11(19)12(20-8)15-7-4-2-1-3-6(7)13-14-15/h1-4,8-12,16-19H,5H2/t8-,9-,10-,11-,12-/m0/s1. The molecule has 3 rings (SSSR count). The van der Waals surface area contributed by atoms with Gasteiger partial charge in [0.15, 0.2) is 6.23 Å². The zero-order valence-electron chi connectivity index (χ0n) is 10.4. The van der Waals surface area contributed by atoms with Crippen LogP contribution in [0.15, 0.2) is 24.3 Å². The van der Waals surface area contributed by atoms with Crippen LogP contribution in [0.25, 0.3) is 11.0 Å². The normalized spacial score (nSPS) is 34.5. The molecule has 1 aliphatic heterocycles. The van der Waals surface area contributed by atoms with Crippen molar-refractivity contribution in [2.24, 2.45) is 0 Å². The van der Waals surface area contributed by atoms with Crippen LogP contribution in [-0.4, -0.2) is 66.4 Å². The first-order valence-corrected chi connectivity index (χ1v) is 6.24. The first kappa shape index (κ1) is 13.4. The Morgan fingerprint density at radius 3 is 2.60 bits per heavy atom. The molecule has 0 bridgehead atoms. The van der Waals surface area contributed by atoms with Gasteiger partial charge in [-0.1, -0.05) is 17.3 Å². The second-order valence-corrected chi connectivity index (χ2v) is 4.74. The quantitative estimate of drug-likeness (QED) is 0.523. The Morgan fingerprint density at radius 2 is 1.85 bits per heavy atom. The van der Waals surface area contributed by atoms with E-state index in [4.69, 9.17) is 4.74 Å². The highest BCUT2D eigenvalue weighted by Gasteiger charge is 2.45. The third-order valence-corrected chi connectivity index (χ3v) is 3.49. The van der Waals surface area contributed by atoms with Crippen molar-refractivity contribution in [1.82, 2.24) is 15.0 Å². The monoisotopic (exact) mass is 281 g/mol. The minimum atomic E-state index is -1.44. The summed E-state index contributed by atoms with van der Waals surface area (Å²) in [6.45, 7) is -0.478. The number of rotatable bonds is 2. The molecule has 0 aliphatic carbocycles. The highest BCUT2D eigenvalue weighted by atomic mass is 16.6. The molecule has 1 aliphatic rings. The molecular formula is C12H15N3O5. The maximum Gasteiger partial charge on any atom is 0.181 e. The third kappa shape index (κ3) is 1.98. The minimum Gasteiger partial charge on any atom is -0.394 e. The van der Waals surface area contributed by atoms with Crippen molar-refractivity contribution in [3.05, 3.63) is 24.3 Å². The second kappa shape index (κ2) is 5.08. The van der Waals surface area contributed by atoms with Crippen LogP contribution in [0, 0.1) is 0 Å². The van der Waals surface area contributed by atoms with Crippen LogP contribution in [0.5, 0.6) is 0 Å². The van der Waals surface area contributed by atoms with Gasteiger partial charge in [0, 0.05) is 0 Å². The van der Waals surface area contributed by atoms with Crippen LogP contribution in [0.3, 0.4) is 0 Å². The zero-order chi connectivity index (χ0) is 14.3. The maximum absolute atomic E-state index is 10.0. The molecule has 0 amide bonds. The Morgan fingerprint density at radius 1 is 1.10 bits per heavy atom. The molecule has 5 atom stereocenters. The summed E-state index contributed by atoms with van der Waals surface area (Å²) in [5, 5.41) is 46.6. The van der Waals surface area contributed by atoms with Crippen LogP contribution in [0.1, 0.15) is 6.23 Å². The maximum atomic E-state index is 10.0. The van der Waals surface area contributed by atoms with E-state index in [1.807, 2.05) is 0 Å². The summed E-state index contributed by atoms with van der Waals surface area (Å²) < 4.78 is 6.76. The van der Waals surface area contributed by atoms with E-state index in [-0.39, 0.29) is 0 Å². The number of aromatic nitrogens is 3. The van der Waals surface area contributed by atoms with Crippen LogP contribution in [0.2, 0.25) is 0 Å². The van der Waals surface area contributed by atoms with Crippen molar-refractivity contribution in [1.29, 1.82) is 0 Å². The number of benzene rings is 1. The Labute approximate surface area is 113 Å². The number of nitrogens with zero attached hydrogens (tertiary/aromatic N) is 3. The number of aliphatic hydroxyl groups excluding tert-OH is 4. The molecular weight excluding hydrogens is 266 g/mol. The highest BCUT2D eigenvalue weighted by molar-refractivity contribution is 5.73. The van der Waals surface area contributed by atoms with Crippen LogP contribution < -0.4 is 0 Å². The molecule has 8 nitrogen and oxygen atoms in total. The molecule has 20 heavy (non-hydrogen) atoms. The lowest BCUT2D eigenvalue weighted by atomic mass is 9.98. The van der Waals surface area contributed by atoms with E-state index >= 15 is 0 Å². The number of hydrogen-bond acceptors (Lipinski definition) is 7. The van der Waals surface area contributed by atoms with E-state index < -0.39 is 37.3 Å². The third-order valence-electron chi connectivity index (χ3n) is 3.49. The fourth-order valence-electron chi connectivity index (χ4n) is 2.36. The van der Waals surface area contributed by atoms with E-state index in [9.17, 15) is 20.4 Å². The molecule has 108 valence electrons. The Bertz CT molecular complexity index is 602. The van der Waals surface area contributed by atoms with E-state index in [1.54, 1.807) is 24.3 Å². The molecule has 8 heteroatoms. The Hall–Kier alpha value is -1.58. The van der Waals surface area contributed by atoms with Gasteiger partial charge >= 0.3 is 0 Å². The summed E-state index contributed by atoms with van der Waals surface area (Å²) in [5.74, 6) is 0. The fourth-order valence-corrected chi connectivity index (χ4v) is 2.36. The van der Waals surface area contributed by atoms with Gasteiger partial charge in [0.1, 0.15) is 29.9 Å². The minimum absolute atomic E-state index is 0.478. The average molecular weight is 281 g/mol. The highest BCUT2D eigenvalue weighted by Crippen LogP contribution is 2.29. The lowest BCUT2D eigenvalue weighted by Crippen LogP contribution is -2.56. The summed E-state index contributed by atoms with van der Waals surface area (Å²) in [7, 11) is 0. The fraction of sp³-hybridized carbons (Fsp3) is 0.500. The van der Waals surface area contributed by atoms with Gasteiger partial charge < -0.3 is 25.2 Å². The summed E-state index contributed by atoms with van der Waals surface area (Å²) in [6.07, 6.45) is -6.20. The van der Waals surface area contributed by atoms with Crippen LogP contribution >= 0.6 is 0 Å². The summed E-state index contributed by atoms with van der Waals surface area (Å²) in [4.78, 5) is 0. The van der Waals surface area contributed by atoms with E-state index in [0.717, 1.165) is 0 Å². The van der Waals surface area contributed by atoms with E-state index in [0.29, 0.717) is 11.0 Å². The van der Waals surface area contributed by atoms with Crippen LogP contribution in [0.4, 0.5) is 0 Å². The summed E-state index contributed by atoms with van der Waals surface area (Å²) in [6, 6.07) is 7.08. The average Bonchev–Trinajstić information content (AvgIpc) is 2.89. The molecule has 0 saturated carbocycles. The lowest BCUT2D eigenvalue weighted by molar-refractivity contribution is -0.253. The topological polar surface area (TPSA) is 121 Å². The van der Waals surface area contributed by atoms with Gasteiger partial charge in [-0.15, -0.1) is 5.10 Å². The molecule has 1 aromatic heterocycles. The number of hydrogen-bond donors (Lipinski definition) is 4. The SMILES string of the molecule is OC[C@@H]1O[C@H](n2nnc3ccccc32)[C@@H](O)[C@@H](O)[C@H]1O. The molecule has 0 unspecified atom stereocenters. The van der Waals surface area contributed by atoms with E-state index in [2.05, 4.69) is 10.3 Å². The second-order valence-electron chi connectivity index (χ2n) is 4.74. The number of para-hydroxylation sites is 1. The molecule has 2 aromatic rings.